The van der Waals surface area contributed by atoms with E-state index >= 15 is 0 Å². The van der Waals surface area contributed by atoms with E-state index in [0.717, 1.165) is 37.1 Å². The molecule has 2 aromatic rings. The second-order valence-electron chi connectivity index (χ2n) is 6.60. The van der Waals surface area contributed by atoms with Crippen molar-refractivity contribution in [1.29, 1.82) is 0 Å². The fourth-order valence-corrected chi connectivity index (χ4v) is 2.64. The van der Waals surface area contributed by atoms with Gasteiger partial charge in [-0.1, -0.05) is 13.3 Å². The fourth-order valence-electron chi connectivity index (χ4n) is 2.64. The molecule has 1 saturated carbocycles. The number of nitrogens with one attached hydrogen (secondary N) is 1. The van der Waals surface area contributed by atoms with Crippen LogP contribution in [0.3, 0.4) is 0 Å². The molecule has 1 aromatic heterocycles. The maximum atomic E-state index is 12.2. The summed E-state index contributed by atoms with van der Waals surface area (Å²) in [7, 11) is 0. The molecule has 1 amide bonds. The summed E-state index contributed by atoms with van der Waals surface area (Å²) in [4.78, 5) is 28.6. The topological polar surface area (TPSA) is 73.2 Å². The van der Waals surface area contributed by atoms with Crippen molar-refractivity contribution >= 4 is 5.91 Å². The van der Waals surface area contributed by atoms with Crippen LogP contribution in [0.15, 0.2) is 41.5 Å². The molecule has 1 aromatic carbocycles. The van der Waals surface area contributed by atoms with E-state index in [1.54, 1.807) is 36.7 Å². The summed E-state index contributed by atoms with van der Waals surface area (Å²) < 4.78 is 7.11. The summed E-state index contributed by atoms with van der Waals surface area (Å²) in [5, 5.41) is 2.83. The van der Waals surface area contributed by atoms with Crippen molar-refractivity contribution in [2.24, 2.45) is 0 Å². The first-order chi connectivity index (χ1) is 12.7. The van der Waals surface area contributed by atoms with Gasteiger partial charge in [0.15, 0.2) is 0 Å². The first kappa shape index (κ1) is 18.2. The van der Waals surface area contributed by atoms with Crippen LogP contribution in [0.2, 0.25) is 0 Å². The molecular formula is C20H25N3O3. The van der Waals surface area contributed by atoms with Gasteiger partial charge in [-0.3, -0.25) is 14.2 Å². The number of hydrogen-bond donors (Lipinski definition) is 1. The van der Waals surface area contributed by atoms with Crippen molar-refractivity contribution in [3.8, 4) is 5.75 Å². The van der Waals surface area contributed by atoms with E-state index in [4.69, 9.17) is 4.74 Å². The molecule has 0 spiro atoms. The molecule has 3 rings (SSSR count). The van der Waals surface area contributed by atoms with Crippen molar-refractivity contribution in [3.05, 3.63) is 58.3 Å². The number of nitrogens with zero attached hydrogens (tertiary/aromatic N) is 2. The highest BCUT2D eigenvalue weighted by Gasteiger charge is 2.25. The Bertz CT molecular complexity index is 795. The van der Waals surface area contributed by atoms with Gasteiger partial charge in [0.2, 0.25) is 0 Å². The molecule has 6 nitrogen and oxygen atoms in total. The van der Waals surface area contributed by atoms with Gasteiger partial charge in [0.05, 0.1) is 18.6 Å². The van der Waals surface area contributed by atoms with Gasteiger partial charge in [0.25, 0.3) is 11.5 Å². The van der Waals surface area contributed by atoms with Gasteiger partial charge in [-0.15, -0.1) is 0 Å². The minimum absolute atomic E-state index is 0.0651. The lowest BCUT2D eigenvalue weighted by molar-refractivity contribution is 0.0952. The Kier molecular flexibility index (Phi) is 6.04. The molecule has 1 fully saturated rings. The molecule has 0 aliphatic heterocycles. The van der Waals surface area contributed by atoms with Crippen LogP contribution in [0.5, 0.6) is 5.75 Å². The normalized spacial score (nSPS) is 13.4. The van der Waals surface area contributed by atoms with E-state index in [9.17, 15) is 9.59 Å². The third kappa shape index (κ3) is 4.94. The number of aromatic nitrogens is 2. The van der Waals surface area contributed by atoms with Gasteiger partial charge in [0.1, 0.15) is 5.75 Å². The number of carbonyl (C=O) groups excluding carboxylic acids is 1. The minimum Gasteiger partial charge on any atom is -0.494 e. The Hall–Kier alpha value is -2.63. The van der Waals surface area contributed by atoms with E-state index in [1.807, 2.05) is 0 Å². The first-order valence-corrected chi connectivity index (χ1v) is 9.25. The van der Waals surface area contributed by atoms with E-state index in [-0.39, 0.29) is 11.5 Å². The Morgan fingerprint density at radius 3 is 2.73 bits per heavy atom. The van der Waals surface area contributed by atoms with Crippen LogP contribution in [0, 0.1) is 0 Å². The van der Waals surface area contributed by atoms with Gasteiger partial charge in [-0.25, -0.2) is 4.98 Å². The zero-order valence-electron chi connectivity index (χ0n) is 15.1. The molecule has 0 radical (unpaired) electrons. The number of hydrogen-bond acceptors (Lipinski definition) is 4. The lowest BCUT2D eigenvalue weighted by Gasteiger charge is -2.09. The molecule has 0 saturated heterocycles. The number of ether oxygens (including phenoxy) is 1. The van der Waals surface area contributed by atoms with Gasteiger partial charge in [-0.05, 0) is 43.5 Å². The molecule has 26 heavy (non-hydrogen) atoms. The van der Waals surface area contributed by atoms with E-state index in [2.05, 4.69) is 17.2 Å². The predicted octanol–water partition coefficient (Wildman–Crippen LogP) is 2.73. The highest BCUT2D eigenvalue weighted by Crippen LogP contribution is 2.38. The molecule has 1 N–H and O–H groups in total. The minimum atomic E-state index is -0.166. The highest BCUT2D eigenvalue weighted by molar-refractivity contribution is 5.94. The Labute approximate surface area is 153 Å². The van der Waals surface area contributed by atoms with Crippen molar-refractivity contribution in [3.63, 3.8) is 0 Å². The Morgan fingerprint density at radius 2 is 2.08 bits per heavy atom. The number of benzene rings is 1. The van der Waals surface area contributed by atoms with Crippen LogP contribution in [0.1, 0.15) is 54.6 Å². The lowest BCUT2D eigenvalue weighted by Crippen LogP contribution is -2.31. The van der Waals surface area contributed by atoms with Crippen LogP contribution >= 0.6 is 0 Å². The second-order valence-corrected chi connectivity index (χ2v) is 6.60. The SMILES string of the molecule is CCCCOc1ccc(C(=O)NCCn2cnc(C3CC3)cc2=O)cc1. The second kappa shape index (κ2) is 8.65. The zero-order valence-corrected chi connectivity index (χ0v) is 15.1. The van der Waals surface area contributed by atoms with Crippen LogP contribution in [-0.4, -0.2) is 28.6 Å². The summed E-state index contributed by atoms with van der Waals surface area (Å²) in [5.74, 6) is 1.06. The largest absolute Gasteiger partial charge is 0.494 e. The molecule has 1 aliphatic carbocycles. The summed E-state index contributed by atoms with van der Waals surface area (Å²) in [6, 6.07) is 8.70. The summed E-state index contributed by atoms with van der Waals surface area (Å²) in [5.41, 5.74) is 1.39. The maximum absolute atomic E-state index is 12.2. The van der Waals surface area contributed by atoms with Crippen LogP contribution in [0.4, 0.5) is 0 Å². The molecule has 0 unspecified atom stereocenters. The van der Waals surface area contributed by atoms with Crippen LogP contribution in [0.25, 0.3) is 0 Å². The molecular weight excluding hydrogens is 330 g/mol. The number of carbonyl (C=O) groups is 1. The molecule has 138 valence electrons. The van der Waals surface area contributed by atoms with Gasteiger partial charge in [0, 0.05) is 30.6 Å². The average molecular weight is 355 g/mol. The van der Waals surface area contributed by atoms with Crippen molar-refractivity contribution in [1.82, 2.24) is 14.9 Å². The zero-order chi connectivity index (χ0) is 18.4. The predicted molar refractivity (Wildman–Crippen MR) is 99.7 cm³/mol. The standard InChI is InChI=1S/C20H25N3O3/c1-2-3-12-26-17-8-6-16(7-9-17)20(25)21-10-11-23-14-22-18(13-19(23)24)15-4-5-15/h6-9,13-15H,2-5,10-12H2,1H3,(H,21,25). The van der Waals surface area contributed by atoms with E-state index < -0.39 is 0 Å². The smallest absolute Gasteiger partial charge is 0.253 e. The monoisotopic (exact) mass is 355 g/mol. The molecule has 1 heterocycles. The van der Waals surface area contributed by atoms with Crippen molar-refractivity contribution < 1.29 is 9.53 Å². The highest BCUT2D eigenvalue weighted by atomic mass is 16.5. The third-order valence-electron chi connectivity index (χ3n) is 4.42. The number of unbranched alkanes of at least 4 members (excludes halogenated alkanes) is 1. The maximum Gasteiger partial charge on any atom is 0.253 e. The third-order valence-corrected chi connectivity index (χ3v) is 4.42. The van der Waals surface area contributed by atoms with Crippen LogP contribution < -0.4 is 15.6 Å². The Morgan fingerprint density at radius 1 is 1.31 bits per heavy atom. The molecule has 1 aliphatic rings. The van der Waals surface area contributed by atoms with Gasteiger partial charge < -0.3 is 10.1 Å². The van der Waals surface area contributed by atoms with Gasteiger partial charge >= 0.3 is 0 Å². The molecule has 0 bridgehead atoms. The number of amides is 1. The average Bonchev–Trinajstić information content (AvgIpc) is 3.49. The van der Waals surface area contributed by atoms with Crippen LogP contribution in [-0.2, 0) is 6.54 Å². The van der Waals surface area contributed by atoms with Crippen molar-refractivity contribution in [2.45, 2.75) is 45.1 Å². The van der Waals surface area contributed by atoms with E-state index in [1.165, 1.54) is 4.57 Å². The molecule has 6 heteroatoms. The Balaban J connectivity index is 1.47. The summed E-state index contributed by atoms with van der Waals surface area (Å²) in [6.07, 6.45) is 5.91. The van der Waals surface area contributed by atoms with Gasteiger partial charge in [-0.2, -0.15) is 0 Å². The molecule has 0 atom stereocenters. The summed E-state index contributed by atoms with van der Waals surface area (Å²) in [6.45, 7) is 3.57. The quantitative estimate of drug-likeness (QED) is 0.702. The lowest BCUT2D eigenvalue weighted by atomic mass is 10.2. The van der Waals surface area contributed by atoms with E-state index in [0.29, 0.717) is 31.2 Å². The first-order valence-electron chi connectivity index (χ1n) is 9.25. The van der Waals surface area contributed by atoms with Crippen molar-refractivity contribution in [2.75, 3.05) is 13.2 Å². The summed E-state index contributed by atoms with van der Waals surface area (Å²) >= 11 is 0. The fraction of sp³-hybridized carbons (Fsp3) is 0.450. The number of rotatable bonds is 9.